The molecule has 2 aliphatic heterocycles. The van der Waals surface area contributed by atoms with Crippen molar-refractivity contribution >= 4 is 17.4 Å². The molecule has 2 heterocycles. The van der Waals surface area contributed by atoms with Crippen molar-refractivity contribution < 1.29 is 28.9 Å². The van der Waals surface area contributed by atoms with E-state index in [2.05, 4.69) is 25.7 Å². The number of Topliss-reactive ketones (excluding diaryl/α,β-unsaturated/α-hetero) is 1. The summed E-state index contributed by atoms with van der Waals surface area (Å²) in [5.41, 5.74) is 1.21. The Kier molecular flexibility index (Phi) is 8.71. The molecule has 1 unspecified atom stereocenters. The summed E-state index contributed by atoms with van der Waals surface area (Å²) < 4.78 is 17.0. The Labute approximate surface area is 218 Å². The highest BCUT2D eigenvalue weighted by Gasteiger charge is 2.46. The number of benzene rings is 2. The molecule has 8 nitrogen and oxygen atoms in total. The van der Waals surface area contributed by atoms with E-state index in [4.69, 9.17) is 14.2 Å². The Morgan fingerprint density at radius 1 is 1.03 bits per heavy atom. The number of hydrogen-bond acceptors (Lipinski definition) is 7. The first-order chi connectivity index (χ1) is 18.0. The predicted octanol–water partition coefficient (Wildman–Crippen LogP) is 4.40. The topological polar surface area (TPSA) is 88.5 Å². The molecule has 2 aliphatic rings. The number of carbonyl (C=O) groups is 2. The van der Waals surface area contributed by atoms with Crippen LogP contribution in [-0.2, 0) is 9.59 Å². The second-order valence-corrected chi connectivity index (χ2v) is 9.15. The van der Waals surface area contributed by atoms with E-state index in [1.54, 1.807) is 23.1 Å². The zero-order valence-corrected chi connectivity index (χ0v) is 21.9. The normalized spacial score (nSPS) is 18.5. The van der Waals surface area contributed by atoms with Crippen molar-refractivity contribution in [1.82, 2.24) is 9.80 Å². The van der Waals surface area contributed by atoms with Crippen molar-refractivity contribution in [2.45, 2.75) is 39.7 Å². The largest absolute Gasteiger partial charge is 0.507 e. The number of ether oxygens (including phenoxy) is 3. The molecule has 4 rings (SSSR count). The van der Waals surface area contributed by atoms with Gasteiger partial charge in [-0.25, -0.2) is 0 Å². The predicted molar refractivity (Wildman–Crippen MR) is 141 cm³/mol. The number of unbranched alkanes of at least 4 members (excludes halogenated alkanes) is 1. The molecule has 8 heteroatoms. The van der Waals surface area contributed by atoms with E-state index in [9.17, 15) is 14.7 Å². The Hall–Kier alpha value is -3.52. The molecule has 2 aromatic rings. The molecule has 0 saturated carbocycles. The van der Waals surface area contributed by atoms with Crippen LogP contribution in [0.15, 0.2) is 48.0 Å². The van der Waals surface area contributed by atoms with Gasteiger partial charge in [-0.15, -0.1) is 0 Å². The Morgan fingerprint density at radius 3 is 2.41 bits per heavy atom. The van der Waals surface area contributed by atoms with Crippen molar-refractivity contribution in [3.05, 3.63) is 59.2 Å². The van der Waals surface area contributed by atoms with E-state index in [0.717, 1.165) is 37.2 Å². The van der Waals surface area contributed by atoms with Gasteiger partial charge in [0, 0.05) is 18.7 Å². The Balaban J connectivity index is 1.72. The highest BCUT2D eigenvalue weighted by atomic mass is 16.6. The van der Waals surface area contributed by atoms with Gasteiger partial charge >= 0.3 is 0 Å². The maximum atomic E-state index is 13.3. The first kappa shape index (κ1) is 26.5. The fourth-order valence-electron chi connectivity index (χ4n) is 4.67. The third-order valence-corrected chi connectivity index (χ3v) is 6.87. The summed E-state index contributed by atoms with van der Waals surface area (Å²) in [4.78, 5) is 30.3. The van der Waals surface area contributed by atoms with Gasteiger partial charge in [0.15, 0.2) is 11.5 Å². The second-order valence-electron chi connectivity index (χ2n) is 9.15. The second kappa shape index (κ2) is 12.1. The minimum Gasteiger partial charge on any atom is -0.507 e. The van der Waals surface area contributed by atoms with Gasteiger partial charge in [0.2, 0.25) is 0 Å². The number of likely N-dealkylation sites (N-methyl/N-ethyl adjacent to an activating group) is 1. The van der Waals surface area contributed by atoms with Crippen molar-refractivity contribution in [1.29, 1.82) is 0 Å². The summed E-state index contributed by atoms with van der Waals surface area (Å²) >= 11 is 0. The number of ketones is 1. The zero-order chi connectivity index (χ0) is 26.4. The Bertz CT molecular complexity index is 1140. The molecule has 2 aromatic carbocycles. The van der Waals surface area contributed by atoms with E-state index < -0.39 is 17.7 Å². The summed E-state index contributed by atoms with van der Waals surface area (Å²) in [6.07, 6.45) is 2.00. The number of carbonyl (C=O) groups excluding carboxylic acids is 2. The molecule has 1 amide bonds. The van der Waals surface area contributed by atoms with Gasteiger partial charge in [-0.05, 0) is 55.4 Å². The van der Waals surface area contributed by atoms with Crippen LogP contribution >= 0.6 is 0 Å². The van der Waals surface area contributed by atoms with Gasteiger partial charge in [0.05, 0.1) is 18.2 Å². The van der Waals surface area contributed by atoms with E-state index in [1.807, 2.05) is 24.3 Å². The molecule has 1 fully saturated rings. The molecule has 1 saturated heterocycles. The van der Waals surface area contributed by atoms with E-state index in [0.29, 0.717) is 50.0 Å². The van der Waals surface area contributed by atoms with Crippen LogP contribution in [0.25, 0.3) is 5.76 Å². The highest BCUT2D eigenvalue weighted by Crippen LogP contribution is 2.41. The molecule has 0 radical (unpaired) electrons. The molecule has 0 aliphatic carbocycles. The van der Waals surface area contributed by atoms with Crippen LogP contribution < -0.4 is 14.2 Å². The third-order valence-electron chi connectivity index (χ3n) is 6.87. The van der Waals surface area contributed by atoms with Crippen molar-refractivity contribution in [2.75, 3.05) is 46.0 Å². The van der Waals surface area contributed by atoms with Crippen molar-refractivity contribution in [3.63, 3.8) is 0 Å². The van der Waals surface area contributed by atoms with Crippen LogP contribution in [0.2, 0.25) is 0 Å². The van der Waals surface area contributed by atoms with Crippen LogP contribution in [-0.4, -0.2) is 72.6 Å². The first-order valence-corrected chi connectivity index (χ1v) is 13.1. The number of amides is 1. The van der Waals surface area contributed by atoms with Crippen LogP contribution in [0.3, 0.4) is 0 Å². The summed E-state index contributed by atoms with van der Waals surface area (Å²) in [6, 6.07) is 11.7. The molecule has 198 valence electrons. The monoisotopic (exact) mass is 508 g/mol. The number of rotatable bonds is 11. The van der Waals surface area contributed by atoms with E-state index in [-0.39, 0.29) is 11.3 Å². The van der Waals surface area contributed by atoms with Crippen molar-refractivity contribution in [3.8, 4) is 17.2 Å². The summed E-state index contributed by atoms with van der Waals surface area (Å²) in [5.74, 6) is 0.270. The van der Waals surface area contributed by atoms with Crippen LogP contribution in [0.4, 0.5) is 0 Å². The van der Waals surface area contributed by atoms with Gasteiger partial charge < -0.3 is 29.1 Å². The average molecular weight is 509 g/mol. The van der Waals surface area contributed by atoms with Gasteiger partial charge in [-0.1, -0.05) is 39.3 Å². The minimum absolute atomic E-state index is 0.0703. The molecule has 0 bridgehead atoms. The van der Waals surface area contributed by atoms with E-state index in [1.165, 1.54) is 0 Å². The summed E-state index contributed by atoms with van der Waals surface area (Å²) in [7, 11) is 0. The fourth-order valence-corrected chi connectivity index (χ4v) is 4.67. The van der Waals surface area contributed by atoms with Crippen LogP contribution in [0, 0.1) is 0 Å². The highest BCUT2D eigenvalue weighted by molar-refractivity contribution is 6.46. The van der Waals surface area contributed by atoms with Crippen molar-refractivity contribution in [2.24, 2.45) is 0 Å². The van der Waals surface area contributed by atoms with Gasteiger partial charge in [-0.2, -0.15) is 0 Å². The lowest BCUT2D eigenvalue weighted by atomic mass is 9.95. The average Bonchev–Trinajstić information content (AvgIpc) is 3.18. The number of aliphatic hydroxyl groups is 1. The lowest BCUT2D eigenvalue weighted by molar-refractivity contribution is -0.140. The van der Waals surface area contributed by atoms with Crippen LogP contribution in [0.5, 0.6) is 17.2 Å². The molecular formula is C29H36N2O6. The molecule has 1 atom stereocenters. The molecule has 37 heavy (non-hydrogen) atoms. The number of hydrogen-bond donors (Lipinski definition) is 1. The number of aliphatic hydroxyl groups excluding tert-OH is 1. The van der Waals surface area contributed by atoms with Gasteiger partial charge in [-0.3, -0.25) is 9.59 Å². The summed E-state index contributed by atoms with van der Waals surface area (Å²) in [5, 5.41) is 11.4. The molecule has 0 aromatic heterocycles. The minimum atomic E-state index is -0.714. The lowest BCUT2D eigenvalue weighted by Crippen LogP contribution is -2.38. The molecular weight excluding hydrogens is 472 g/mol. The van der Waals surface area contributed by atoms with Gasteiger partial charge in [0.1, 0.15) is 24.7 Å². The third kappa shape index (κ3) is 5.74. The standard InChI is InChI=1S/C29H36N2O6/c1-4-7-16-35-22-11-8-20(9-12-22)26-25(28(33)29(34)31(26)15-14-30(5-2)6-3)27(32)21-10-13-23-24(19-21)37-18-17-36-23/h8-13,19,26,32H,4-7,14-18H2,1-3H3. The smallest absolute Gasteiger partial charge is 0.295 e. The number of fused-ring (bicyclic) bond motifs is 1. The van der Waals surface area contributed by atoms with E-state index >= 15 is 0 Å². The fraction of sp³-hybridized carbons (Fsp3) is 0.448. The SMILES string of the molecule is CCCCOc1ccc(C2C(=C(O)c3ccc4c(c3)OCCO4)C(=O)C(=O)N2CCN(CC)CC)cc1. The molecule has 0 spiro atoms. The molecule has 1 N–H and O–H groups in total. The van der Waals surface area contributed by atoms with Gasteiger partial charge in [0.25, 0.3) is 11.7 Å². The Morgan fingerprint density at radius 2 is 1.73 bits per heavy atom. The number of likely N-dealkylation sites (tertiary alicyclic amines) is 1. The lowest BCUT2D eigenvalue weighted by Gasteiger charge is -2.28. The maximum absolute atomic E-state index is 13.3. The zero-order valence-electron chi connectivity index (χ0n) is 21.9. The summed E-state index contributed by atoms with van der Waals surface area (Å²) in [6.45, 7) is 10.4. The maximum Gasteiger partial charge on any atom is 0.295 e. The first-order valence-electron chi connectivity index (χ1n) is 13.1. The van der Waals surface area contributed by atoms with Crippen LogP contribution in [0.1, 0.15) is 50.8 Å². The quantitative estimate of drug-likeness (QED) is 0.208. The number of nitrogens with zero attached hydrogens (tertiary/aromatic N) is 2.